The van der Waals surface area contributed by atoms with Gasteiger partial charge in [-0.2, -0.15) is 4.39 Å². The van der Waals surface area contributed by atoms with Crippen LogP contribution in [-0.2, 0) is 6.61 Å². The Kier molecular flexibility index (Phi) is 3.62. The van der Waals surface area contributed by atoms with E-state index in [1.165, 1.54) is 12.3 Å². The highest BCUT2D eigenvalue weighted by atomic mass is 35.5. The fourth-order valence-electron chi connectivity index (χ4n) is 1.59. The van der Waals surface area contributed by atoms with Gasteiger partial charge in [-0.1, -0.05) is 35.3 Å². The molecule has 88 valence electrons. The first-order valence-electron chi connectivity index (χ1n) is 4.83. The minimum absolute atomic E-state index is 0.183. The van der Waals surface area contributed by atoms with E-state index in [1.807, 2.05) is 0 Å². The predicted molar refractivity (Wildman–Crippen MR) is 65.6 cm³/mol. The Morgan fingerprint density at radius 2 is 2.00 bits per heavy atom. The molecule has 1 N–H and O–H groups in total. The van der Waals surface area contributed by atoms with E-state index in [0.717, 1.165) is 0 Å². The van der Waals surface area contributed by atoms with Crippen LogP contribution < -0.4 is 0 Å². The standard InChI is InChI=1S/C12H8Cl2FNO/c13-9-3-1-2-8(11(9)14)10-7(6-17)4-5-16-12(10)15/h1-5,17H,6H2. The van der Waals surface area contributed by atoms with E-state index in [-0.39, 0.29) is 17.2 Å². The molecule has 0 radical (unpaired) electrons. The average molecular weight is 272 g/mol. The first-order valence-corrected chi connectivity index (χ1v) is 5.59. The molecule has 0 spiro atoms. The fourth-order valence-corrected chi connectivity index (χ4v) is 1.98. The Morgan fingerprint density at radius 1 is 1.24 bits per heavy atom. The molecule has 0 aliphatic rings. The van der Waals surface area contributed by atoms with Gasteiger partial charge in [0.15, 0.2) is 0 Å². The number of aromatic nitrogens is 1. The third kappa shape index (κ3) is 2.27. The zero-order chi connectivity index (χ0) is 12.4. The molecule has 1 aromatic carbocycles. The van der Waals surface area contributed by atoms with Crippen LogP contribution in [0, 0.1) is 5.95 Å². The van der Waals surface area contributed by atoms with Gasteiger partial charge in [0.25, 0.3) is 0 Å². The van der Waals surface area contributed by atoms with Gasteiger partial charge in [-0.3, -0.25) is 0 Å². The van der Waals surface area contributed by atoms with Crippen molar-refractivity contribution in [2.45, 2.75) is 6.61 Å². The van der Waals surface area contributed by atoms with Gasteiger partial charge in [0.1, 0.15) is 0 Å². The summed E-state index contributed by atoms with van der Waals surface area (Å²) in [6.45, 7) is -0.294. The normalized spacial score (nSPS) is 10.6. The number of nitrogens with zero attached hydrogens (tertiary/aromatic N) is 1. The lowest BCUT2D eigenvalue weighted by atomic mass is 10.0. The van der Waals surface area contributed by atoms with Gasteiger partial charge in [0, 0.05) is 17.3 Å². The number of rotatable bonds is 2. The Labute approximate surface area is 108 Å². The molecule has 0 saturated carbocycles. The number of halogens is 3. The number of benzene rings is 1. The van der Waals surface area contributed by atoms with Crippen molar-refractivity contribution in [3.63, 3.8) is 0 Å². The minimum Gasteiger partial charge on any atom is -0.392 e. The van der Waals surface area contributed by atoms with E-state index in [9.17, 15) is 9.50 Å². The molecule has 1 aromatic heterocycles. The summed E-state index contributed by atoms with van der Waals surface area (Å²) in [7, 11) is 0. The molecule has 2 nitrogen and oxygen atoms in total. The van der Waals surface area contributed by atoms with Gasteiger partial charge in [-0.15, -0.1) is 0 Å². The second-order valence-electron chi connectivity index (χ2n) is 3.40. The summed E-state index contributed by atoms with van der Waals surface area (Å²) in [5.74, 6) is -0.680. The van der Waals surface area contributed by atoms with E-state index in [4.69, 9.17) is 23.2 Å². The van der Waals surface area contributed by atoms with Crippen molar-refractivity contribution in [1.82, 2.24) is 4.98 Å². The Bertz CT molecular complexity index is 560. The maximum absolute atomic E-state index is 13.7. The van der Waals surface area contributed by atoms with Crippen LogP contribution in [0.2, 0.25) is 10.0 Å². The smallest absolute Gasteiger partial charge is 0.221 e. The summed E-state index contributed by atoms with van der Waals surface area (Å²) in [5, 5.41) is 9.77. The van der Waals surface area contributed by atoms with Crippen LogP contribution >= 0.6 is 23.2 Å². The first kappa shape index (κ1) is 12.3. The highest BCUT2D eigenvalue weighted by Gasteiger charge is 2.15. The third-order valence-corrected chi connectivity index (χ3v) is 3.20. The molecule has 0 aliphatic heterocycles. The van der Waals surface area contributed by atoms with Crippen molar-refractivity contribution in [2.24, 2.45) is 0 Å². The van der Waals surface area contributed by atoms with Gasteiger partial charge in [0.2, 0.25) is 5.95 Å². The van der Waals surface area contributed by atoms with Crippen molar-refractivity contribution in [2.75, 3.05) is 0 Å². The molecule has 0 saturated heterocycles. The van der Waals surface area contributed by atoms with Gasteiger partial charge < -0.3 is 5.11 Å². The molecule has 0 unspecified atom stereocenters. The number of hydrogen-bond donors (Lipinski definition) is 1. The molecule has 1 heterocycles. The number of pyridine rings is 1. The van der Waals surface area contributed by atoms with Crippen molar-refractivity contribution in [3.8, 4) is 11.1 Å². The first-order chi connectivity index (χ1) is 8.15. The van der Waals surface area contributed by atoms with Crippen molar-refractivity contribution >= 4 is 23.2 Å². The summed E-state index contributed by atoms with van der Waals surface area (Å²) < 4.78 is 13.7. The molecule has 5 heteroatoms. The van der Waals surface area contributed by atoms with E-state index in [0.29, 0.717) is 16.1 Å². The Balaban J connectivity index is 2.72. The largest absolute Gasteiger partial charge is 0.392 e. The van der Waals surface area contributed by atoms with Crippen LogP contribution in [-0.4, -0.2) is 10.1 Å². The quantitative estimate of drug-likeness (QED) is 0.846. The number of aliphatic hydroxyl groups is 1. The molecule has 0 amide bonds. The zero-order valence-electron chi connectivity index (χ0n) is 8.62. The molecule has 0 bridgehead atoms. The Morgan fingerprint density at radius 3 is 2.71 bits per heavy atom. The SMILES string of the molecule is OCc1ccnc(F)c1-c1cccc(Cl)c1Cl. The summed E-state index contributed by atoms with van der Waals surface area (Å²) in [6, 6.07) is 6.44. The number of hydrogen-bond acceptors (Lipinski definition) is 2. The monoisotopic (exact) mass is 271 g/mol. The van der Waals surface area contributed by atoms with Crippen LogP contribution in [0.15, 0.2) is 30.5 Å². The van der Waals surface area contributed by atoms with E-state index < -0.39 is 5.95 Å². The van der Waals surface area contributed by atoms with Gasteiger partial charge >= 0.3 is 0 Å². The van der Waals surface area contributed by atoms with Crippen molar-refractivity contribution in [1.29, 1.82) is 0 Å². The molecule has 2 rings (SSSR count). The van der Waals surface area contributed by atoms with Gasteiger partial charge in [-0.25, -0.2) is 4.98 Å². The van der Waals surface area contributed by atoms with E-state index >= 15 is 0 Å². The molecular formula is C12H8Cl2FNO. The lowest BCUT2D eigenvalue weighted by molar-refractivity contribution is 0.281. The van der Waals surface area contributed by atoms with E-state index in [2.05, 4.69) is 4.98 Å². The van der Waals surface area contributed by atoms with Crippen LogP contribution in [0.5, 0.6) is 0 Å². The topological polar surface area (TPSA) is 33.1 Å². The summed E-state index contributed by atoms with van der Waals surface area (Å²) in [5.41, 5.74) is 1.03. The zero-order valence-corrected chi connectivity index (χ0v) is 10.1. The van der Waals surface area contributed by atoms with Crippen LogP contribution in [0.4, 0.5) is 4.39 Å². The lowest BCUT2D eigenvalue weighted by Gasteiger charge is -2.10. The fraction of sp³-hybridized carbons (Fsp3) is 0.0833. The summed E-state index contributed by atoms with van der Waals surface area (Å²) in [4.78, 5) is 3.56. The number of aliphatic hydroxyl groups excluding tert-OH is 1. The lowest BCUT2D eigenvalue weighted by Crippen LogP contribution is -1.96. The molecule has 2 aromatic rings. The molecule has 0 fully saturated rings. The summed E-state index contributed by atoms with van der Waals surface area (Å²) in [6.07, 6.45) is 1.29. The summed E-state index contributed by atoms with van der Waals surface area (Å²) >= 11 is 11.9. The second-order valence-corrected chi connectivity index (χ2v) is 4.18. The third-order valence-electron chi connectivity index (χ3n) is 2.38. The van der Waals surface area contributed by atoms with Crippen molar-refractivity contribution < 1.29 is 9.50 Å². The molecule has 17 heavy (non-hydrogen) atoms. The van der Waals surface area contributed by atoms with Crippen LogP contribution in [0.3, 0.4) is 0 Å². The van der Waals surface area contributed by atoms with E-state index in [1.54, 1.807) is 18.2 Å². The minimum atomic E-state index is -0.680. The maximum Gasteiger partial charge on any atom is 0.221 e. The van der Waals surface area contributed by atoms with Gasteiger partial charge in [0.05, 0.1) is 16.7 Å². The molecule has 0 aliphatic carbocycles. The highest BCUT2D eigenvalue weighted by molar-refractivity contribution is 6.43. The molecular weight excluding hydrogens is 264 g/mol. The molecule has 0 atom stereocenters. The van der Waals surface area contributed by atoms with Crippen LogP contribution in [0.25, 0.3) is 11.1 Å². The highest BCUT2D eigenvalue weighted by Crippen LogP contribution is 2.36. The average Bonchev–Trinajstić information content (AvgIpc) is 2.33. The second kappa shape index (κ2) is 5.00. The predicted octanol–water partition coefficient (Wildman–Crippen LogP) is 3.69. The maximum atomic E-state index is 13.7. The van der Waals surface area contributed by atoms with Crippen molar-refractivity contribution in [3.05, 3.63) is 52.0 Å². The van der Waals surface area contributed by atoms with Gasteiger partial charge in [-0.05, 0) is 17.7 Å². The van der Waals surface area contributed by atoms with Crippen LogP contribution in [0.1, 0.15) is 5.56 Å². The Hall–Kier alpha value is -1.16.